The Morgan fingerprint density at radius 1 is 1.50 bits per heavy atom. The zero-order valence-electron chi connectivity index (χ0n) is 11.0. The first-order chi connectivity index (χ1) is 8.23. The van der Waals surface area contributed by atoms with E-state index in [4.69, 9.17) is 4.74 Å². The Bertz CT molecular complexity index is 404. The van der Waals surface area contributed by atoms with Crippen LogP contribution in [0.25, 0.3) is 0 Å². The number of aliphatic hydroxyl groups excluding tert-OH is 1. The standard InChI is InChI=1S/C11H21NO5S/c1-4-17-10(14)12(11(2,3)8-13)9-5-6-18(15,16)7-9/h9,13H,4-8H2,1-3H3/t9-/m0/s1. The van der Waals surface area contributed by atoms with Gasteiger partial charge in [0, 0.05) is 0 Å². The second-order valence-corrected chi connectivity index (χ2v) is 7.33. The van der Waals surface area contributed by atoms with Gasteiger partial charge in [0.15, 0.2) is 9.84 Å². The van der Waals surface area contributed by atoms with E-state index in [1.165, 1.54) is 4.90 Å². The molecule has 1 aliphatic rings. The van der Waals surface area contributed by atoms with Crippen LogP contribution in [0.5, 0.6) is 0 Å². The molecule has 0 unspecified atom stereocenters. The number of rotatable bonds is 4. The number of amides is 1. The van der Waals surface area contributed by atoms with Crippen molar-refractivity contribution in [3.05, 3.63) is 0 Å². The summed E-state index contributed by atoms with van der Waals surface area (Å²) in [5.74, 6) is 0.0182. The Morgan fingerprint density at radius 3 is 2.50 bits per heavy atom. The van der Waals surface area contributed by atoms with Crippen LogP contribution in [0.3, 0.4) is 0 Å². The molecular formula is C11H21NO5S. The van der Waals surface area contributed by atoms with E-state index in [9.17, 15) is 18.3 Å². The molecule has 1 saturated heterocycles. The molecule has 1 fully saturated rings. The largest absolute Gasteiger partial charge is 0.450 e. The van der Waals surface area contributed by atoms with Crippen molar-refractivity contribution >= 4 is 15.9 Å². The fourth-order valence-electron chi connectivity index (χ4n) is 2.14. The summed E-state index contributed by atoms with van der Waals surface area (Å²) in [4.78, 5) is 13.3. The summed E-state index contributed by atoms with van der Waals surface area (Å²) < 4.78 is 28.0. The lowest BCUT2D eigenvalue weighted by atomic mass is 10.0. The lowest BCUT2D eigenvalue weighted by Gasteiger charge is -2.40. The first kappa shape index (κ1) is 15.2. The van der Waals surface area contributed by atoms with Crippen molar-refractivity contribution < 1.29 is 23.1 Å². The number of nitrogens with zero attached hydrogens (tertiary/aromatic N) is 1. The summed E-state index contributed by atoms with van der Waals surface area (Å²) in [6.07, 6.45) is -0.177. The van der Waals surface area contributed by atoms with E-state index < -0.39 is 27.5 Å². The van der Waals surface area contributed by atoms with Crippen LogP contribution < -0.4 is 0 Å². The molecule has 0 aromatic rings. The molecule has 0 aromatic carbocycles. The minimum atomic E-state index is -3.09. The summed E-state index contributed by atoms with van der Waals surface area (Å²) in [6, 6.07) is -0.420. The highest BCUT2D eigenvalue weighted by molar-refractivity contribution is 7.91. The van der Waals surface area contributed by atoms with Crippen molar-refractivity contribution in [2.24, 2.45) is 0 Å². The first-order valence-electron chi connectivity index (χ1n) is 6.01. The van der Waals surface area contributed by atoms with Gasteiger partial charge in [-0.1, -0.05) is 0 Å². The second-order valence-electron chi connectivity index (χ2n) is 5.10. The highest BCUT2D eigenvalue weighted by atomic mass is 32.2. The molecule has 6 nitrogen and oxygen atoms in total. The zero-order chi connectivity index (χ0) is 14.0. The van der Waals surface area contributed by atoms with Gasteiger partial charge in [-0.3, -0.25) is 4.90 Å². The summed E-state index contributed by atoms with van der Waals surface area (Å²) in [5, 5.41) is 9.37. The minimum Gasteiger partial charge on any atom is -0.450 e. The Kier molecular flexibility index (Phi) is 4.61. The first-order valence-corrected chi connectivity index (χ1v) is 7.83. The number of carbonyl (C=O) groups excluding carboxylic acids is 1. The fraction of sp³-hybridized carbons (Fsp3) is 0.909. The third-order valence-electron chi connectivity index (χ3n) is 3.08. The predicted molar refractivity (Wildman–Crippen MR) is 67.1 cm³/mol. The zero-order valence-corrected chi connectivity index (χ0v) is 11.9. The lowest BCUT2D eigenvalue weighted by molar-refractivity contribution is 0.0187. The van der Waals surface area contributed by atoms with Gasteiger partial charge in [-0.05, 0) is 27.2 Å². The van der Waals surface area contributed by atoms with Crippen LogP contribution in [-0.2, 0) is 14.6 Å². The van der Waals surface area contributed by atoms with E-state index >= 15 is 0 Å². The molecule has 0 saturated carbocycles. The van der Waals surface area contributed by atoms with Crippen LogP contribution >= 0.6 is 0 Å². The van der Waals surface area contributed by atoms with Crippen molar-refractivity contribution in [1.82, 2.24) is 4.90 Å². The maximum absolute atomic E-state index is 11.9. The van der Waals surface area contributed by atoms with E-state index in [2.05, 4.69) is 0 Å². The number of hydrogen-bond acceptors (Lipinski definition) is 5. The summed E-state index contributed by atoms with van der Waals surface area (Å²) in [5.41, 5.74) is -0.837. The van der Waals surface area contributed by atoms with E-state index in [1.807, 2.05) is 0 Å². The van der Waals surface area contributed by atoms with E-state index in [1.54, 1.807) is 20.8 Å². The van der Waals surface area contributed by atoms with Gasteiger partial charge in [-0.25, -0.2) is 13.2 Å². The van der Waals surface area contributed by atoms with Crippen LogP contribution in [0.1, 0.15) is 27.2 Å². The highest BCUT2D eigenvalue weighted by Gasteiger charge is 2.42. The van der Waals surface area contributed by atoms with E-state index in [0.717, 1.165) is 0 Å². The number of ether oxygens (including phenoxy) is 1. The molecule has 0 bridgehead atoms. The average Bonchev–Trinajstić information content (AvgIpc) is 2.59. The molecule has 7 heteroatoms. The van der Waals surface area contributed by atoms with E-state index in [-0.39, 0.29) is 24.7 Å². The third kappa shape index (κ3) is 3.35. The maximum atomic E-state index is 11.9. The van der Waals surface area contributed by atoms with Crippen molar-refractivity contribution in [2.75, 3.05) is 24.7 Å². The second kappa shape index (κ2) is 5.44. The normalized spacial score (nSPS) is 22.8. The van der Waals surface area contributed by atoms with Crippen LogP contribution in [0.4, 0.5) is 4.79 Å². The summed E-state index contributed by atoms with van der Waals surface area (Å²) in [7, 11) is -3.09. The number of aliphatic hydroxyl groups is 1. The SMILES string of the molecule is CCOC(=O)N([C@H]1CCS(=O)(=O)C1)C(C)(C)CO. The highest BCUT2D eigenvalue weighted by Crippen LogP contribution is 2.26. The Hall–Kier alpha value is -0.820. The number of sulfone groups is 1. The van der Waals surface area contributed by atoms with Gasteiger partial charge in [0.25, 0.3) is 0 Å². The predicted octanol–water partition coefficient (Wildman–Crippen LogP) is 0.403. The molecule has 18 heavy (non-hydrogen) atoms. The molecule has 1 N–H and O–H groups in total. The summed E-state index contributed by atoms with van der Waals surface area (Å²) in [6.45, 7) is 5.04. The van der Waals surface area contributed by atoms with Crippen LogP contribution in [0.2, 0.25) is 0 Å². The molecule has 0 aliphatic carbocycles. The number of carbonyl (C=O) groups is 1. The third-order valence-corrected chi connectivity index (χ3v) is 4.83. The van der Waals surface area contributed by atoms with Crippen LogP contribution in [0.15, 0.2) is 0 Å². The lowest BCUT2D eigenvalue weighted by Crippen LogP contribution is -2.55. The fourth-order valence-corrected chi connectivity index (χ4v) is 3.84. The molecule has 0 spiro atoms. The number of hydrogen-bond donors (Lipinski definition) is 1. The van der Waals surface area contributed by atoms with Crippen molar-refractivity contribution in [1.29, 1.82) is 0 Å². The van der Waals surface area contributed by atoms with Crippen molar-refractivity contribution in [3.8, 4) is 0 Å². The average molecular weight is 279 g/mol. The Balaban J connectivity index is 2.95. The quantitative estimate of drug-likeness (QED) is 0.805. The molecule has 106 valence electrons. The summed E-state index contributed by atoms with van der Waals surface area (Å²) >= 11 is 0. The molecule has 0 radical (unpaired) electrons. The van der Waals surface area contributed by atoms with Crippen LogP contribution in [-0.4, -0.2) is 60.8 Å². The topological polar surface area (TPSA) is 83.9 Å². The molecule has 1 aliphatic heterocycles. The van der Waals surface area contributed by atoms with Crippen LogP contribution in [0, 0.1) is 0 Å². The molecule has 1 amide bonds. The smallest absolute Gasteiger partial charge is 0.410 e. The Labute approximate surface area is 108 Å². The van der Waals surface area contributed by atoms with E-state index in [0.29, 0.717) is 6.42 Å². The Morgan fingerprint density at radius 2 is 2.11 bits per heavy atom. The van der Waals surface area contributed by atoms with Crippen molar-refractivity contribution in [2.45, 2.75) is 38.8 Å². The molecular weight excluding hydrogens is 258 g/mol. The van der Waals surface area contributed by atoms with Gasteiger partial charge in [-0.2, -0.15) is 0 Å². The van der Waals surface area contributed by atoms with Gasteiger partial charge in [0.1, 0.15) is 0 Å². The molecule has 1 heterocycles. The molecule has 1 rings (SSSR count). The van der Waals surface area contributed by atoms with Crippen molar-refractivity contribution in [3.63, 3.8) is 0 Å². The van der Waals surface area contributed by atoms with Gasteiger partial charge in [0.05, 0.1) is 36.3 Å². The molecule has 0 aromatic heterocycles. The van der Waals surface area contributed by atoms with Gasteiger partial charge >= 0.3 is 6.09 Å². The minimum absolute atomic E-state index is 0.0603. The van der Waals surface area contributed by atoms with Gasteiger partial charge in [-0.15, -0.1) is 0 Å². The van der Waals surface area contributed by atoms with Gasteiger partial charge in [0.2, 0.25) is 0 Å². The monoisotopic (exact) mass is 279 g/mol. The maximum Gasteiger partial charge on any atom is 0.410 e. The molecule has 1 atom stereocenters. The van der Waals surface area contributed by atoms with Gasteiger partial charge < -0.3 is 9.84 Å².